The van der Waals surface area contributed by atoms with Crippen molar-refractivity contribution in [2.45, 2.75) is 3.79 Å². The number of hydrogen-bond donors (Lipinski definition) is 0. The Kier molecular flexibility index (Phi) is 4.71. The Labute approximate surface area is 171 Å². The third-order valence-corrected chi connectivity index (χ3v) is 5.14. The molecule has 0 unspecified atom stereocenters. The fourth-order valence-electron chi connectivity index (χ4n) is 2.20. The van der Waals surface area contributed by atoms with Crippen LogP contribution in [0.1, 0.15) is 5.89 Å². The number of thiophene rings is 1. The van der Waals surface area contributed by atoms with Gasteiger partial charge in [-0.2, -0.15) is 4.98 Å². The van der Waals surface area contributed by atoms with Crippen LogP contribution >= 0.6 is 57.7 Å². The van der Waals surface area contributed by atoms with Crippen LogP contribution in [-0.4, -0.2) is 15.1 Å². The molecule has 5 nitrogen and oxygen atoms in total. The standard InChI is InChI=1S/C16H7Cl4N3O2S/c17-8-1-3-9(4-2-8)24-11-6-21-7-13-10(11)5-12(26-13)14-22-15(25-23-14)16(18,19)20/h1-7H. The van der Waals surface area contributed by atoms with Crippen LogP contribution in [0.2, 0.25) is 5.02 Å². The normalized spacial score (nSPS) is 11.8. The highest BCUT2D eigenvalue weighted by Gasteiger charge is 2.31. The first kappa shape index (κ1) is 17.8. The summed E-state index contributed by atoms with van der Waals surface area (Å²) in [6.07, 6.45) is 3.37. The van der Waals surface area contributed by atoms with Crippen molar-refractivity contribution in [2.75, 3.05) is 0 Å². The van der Waals surface area contributed by atoms with Crippen LogP contribution in [-0.2, 0) is 3.79 Å². The van der Waals surface area contributed by atoms with Gasteiger partial charge < -0.3 is 9.26 Å². The van der Waals surface area contributed by atoms with E-state index in [0.29, 0.717) is 22.3 Å². The minimum absolute atomic E-state index is 0.0919. The molecular formula is C16H7Cl4N3O2S. The number of hydrogen-bond acceptors (Lipinski definition) is 6. The number of nitrogens with zero attached hydrogens (tertiary/aromatic N) is 3. The number of pyridine rings is 1. The molecule has 0 aliphatic carbocycles. The third-order valence-electron chi connectivity index (χ3n) is 3.34. The van der Waals surface area contributed by atoms with E-state index in [2.05, 4.69) is 15.1 Å². The molecule has 10 heteroatoms. The average Bonchev–Trinajstić information content (AvgIpc) is 3.23. The molecule has 4 rings (SSSR count). The van der Waals surface area contributed by atoms with Crippen molar-refractivity contribution >= 4 is 67.8 Å². The fraction of sp³-hybridized carbons (Fsp3) is 0.0625. The largest absolute Gasteiger partial charge is 0.455 e. The van der Waals surface area contributed by atoms with E-state index < -0.39 is 3.79 Å². The maximum absolute atomic E-state index is 5.91. The van der Waals surface area contributed by atoms with E-state index in [4.69, 9.17) is 55.7 Å². The van der Waals surface area contributed by atoms with Crippen LogP contribution < -0.4 is 4.74 Å². The molecule has 0 bridgehead atoms. The van der Waals surface area contributed by atoms with Gasteiger partial charge in [-0.3, -0.25) is 4.98 Å². The minimum atomic E-state index is -1.77. The third kappa shape index (κ3) is 3.61. The first-order valence-electron chi connectivity index (χ1n) is 7.12. The van der Waals surface area contributed by atoms with Gasteiger partial charge in [-0.15, -0.1) is 11.3 Å². The van der Waals surface area contributed by atoms with Crippen LogP contribution in [0.15, 0.2) is 47.2 Å². The molecule has 0 saturated heterocycles. The van der Waals surface area contributed by atoms with Gasteiger partial charge in [0.05, 0.1) is 15.8 Å². The summed E-state index contributed by atoms with van der Waals surface area (Å²) in [7, 11) is 0. The lowest BCUT2D eigenvalue weighted by Gasteiger charge is -2.06. The molecule has 1 aromatic carbocycles. The van der Waals surface area contributed by atoms with Crippen LogP contribution in [0.3, 0.4) is 0 Å². The molecule has 0 aliphatic heterocycles. The topological polar surface area (TPSA) is 61.0 Å². The Morgan fingerprint density at radius 3 is 2.54 bits per heavy atom. The highest BCUT2D eigenvalue weighted by atomic mass is 35.6. The molecule has 0 N–H and O–H groups in total. The average molecular weight is 447 g/mol. The van der Waals surface area contributed by atoms with Crippen LogP contribution in [0.25, 0.3) is 20.8 Å². The zero-order chi connectivity index (χ0) is 18.3. The number of aromatic nitrogens is 3. The van der Waals surface area contributed by atoms with Crippen molar-refractivity contribution in [3.8, 4) is 22.2 Å². The zero-order valence-electron chi connectivity index (χ0n) is 12.6. The van der Waals surface area contributed by atoms with Gasteiger partial charge in [-0.25, -0.2) is 0 Å². The lowest BCUT2D eigenvalue weighted by Crippen LogP contribution is -1.99. The molecule has 0 aliphatic rings. The number of ether oxygens (including phenoxy) is 1. The smallest absolute Gasteiger partial charge is 0.279 e. The molecule has 0 atom stereocenters. The van der Waals surface area contributed by atoms with Crippen molar-refractivity contribution in [2.24, 2.45) is 0 Å². The Morgan fingerprint density at radius 1 is 1.08 bits per heavy atom. The van der Waals surface area contributed by atoms with E-state index in [9.17, 15) is 0 Å². The van der Waals surface area contributed by atoms with E-state index in [1.165, 1.54) is 11.3 Å². The summed E-state index contributed by atoms with van der Waals surface area (Å²) in [5.41, 5.74) is 0. The maximum Gasteiger partial charge on any atom is 0.279 e. The maximum atomic E-state index is 5.91. The van der Waals surface area contributed by atoms with Crippen LogP contribution in [0, 0.1) is 0 Å². The summed E-state index contributed by atoms with van der Waals surface area (Å²) >= 11 is 24.6. The first-order chi connectivity index (χ1) is 12.4. The van der Waals surface area contributed by atoms with Gasteiger partial charge in [0.25, 0.3) is 9.68 Å². The Morgan fingerprint density at radius 2 is 1.85 bits per heavy atom. The van der Waals surface area contributed by atoms with Crippen LogP contribution in [0.4, 0.5) is 0 Å². The van der Waals surface area contributed by atoms with Crippen LogP contribution in [0.5, 0.6) is 11.5 Å². The number of rotatable bonds is 3. The molecule has 26 heavy (non-hydrogen) atoms. The molecular weight excluding hydrogens is 440 g/mol. The summed E-state index contributed by atoms with van der Waals surface area (Å²) in [6.45, 7) is 0. The monoisotopic (exact) mass is 445 g/mol. The SMILES string of the molecule is Clc1ccc(Oc2cncc3sc(-c4noc(C(Cl)(Cl)Cl)n4)cc23)cc1. The molecule has 0 amide bonds. The Balaban J connectivity index is 1.71. The van der Waals surface area contributed by atoms with E-state index in [1.807, 2.05) is 6.07 Å². The van der Waals surface area contributed by atoms with Gasteiger partial charge in [0.1, 0.15) is 5.75 Å². The minimum Gasteiger partial charge on any atom is -0.455 e. The van der Waals surface area contributed by atoms with Crippen molar-refractivity contribution in [1.29, 1.82) is 0 Å². The Bertz CT molecular complexity index is 1070. The van der Waals surface area contributed by atoms with E-state index in [0.717, 1.165) is 15.0 Å². The van der Waals surface area contributed by atoms with Gasteiger partial charge in [-0.1, -0.05) is 51.6 Å². The lowest BCUT2D eigenvalue weighted by atomic mass is 10.3. The summed E-state index contributed by atoms with van der Waals surface area (Å²) in [5.74, 6) is 1.47. The second-order valence-corrected chi connectivity index (χ2v) is 8.94. The van der Waals surface area contributed by atoms with Crippen molar-refractivity contribution < 1.29 is 9.26 Å². The second-order valence-electron chi connectivity index (χ2n) is 5.14. The predicted octanol–water partition coefficient (Wildman–Crippen LogP) is 6.62. The number of alkyl halides is 3. The first-order valence-corrected chi connectivity index (χ1v) is 9.45. The number of halogens is 4. The highest BCUT2D eigenvalue weighted by Crippen LogP contribution is 2.41. The number of benzene rings is 1. The second kappa shape index (κ2) is 6.87. The Hall–Kier alpha value is -1.57. The van der Waals surface area contributed by atoms with Gasteiger partial charge in [0.15, 0.2) is 5.75 Å². The molecule has 0 saturated carbocycles. The van der Waals surface area contributed by atoms with Crippen molar-refractivity contribution in [3.05, 3.63) is 53.6 Å². The zero-order valence-corrected chi connectivity index (χ0v) is 16.5. The quantitative estimate of drug-likeness (QED) is 0.331. The van der Waals surface area contributed by atoms with E-state index in [-0.39, 0.29) is 5.89 Å². The summed E-state index contributed by atoms with van der Waals surface area (Å²) < 4.78 is 10.0. The lowest BCUT2D eigenvalue weighted by molar-refractivity contribution is 0.383. The molecule has 132 valence electrons. The van der Waals surface area contributed by atoms with Crippen molar-refractivity contribution in [3.63, 3.8) is 0 Å². The molecule has 3 aromatic heterocycles. The van der Waals surface area contributed by atoms with Gasteiger partial charge in [-0.05, 0) is 30.3 Å². The van der Waals surface area contributed by atoms with Crippen molar-refractivity contribution in [1.82, 2.24) is 15.1 Å². The van der Waals surface area contributed by atoms with Gasteiger partial charge >= 0.3 is 0 Å². The fourth-order valence-corrected chi connectivity index (χ4v) is 3.52. The van der Waals surface area contributed by atoms with E-state index >= 15 is 0 Å². The van der Waals surface area contributed by atoms with E-state index in [1.54, 1.807) is 36.7 Å². The number of fused-ring (bicyclic) bond motifs is 1. The molecule has 3 heterocycles. The summed E-state index contributed by atoms with van der Waals surface area (Å²) in [6, 6.07) is 8.93. The van der Waals surface area contributed by atoms with Gasteiger partial charge in [0.2, 0.25) is 5.82 Å². The highest BCUT2D eigenvalue weighted by molar-refractivity contribution is 7.22. The molecule has 4 aromatic rings. The summed E-state index contributed by atoms with van der Waals surface area (Å²) in [4.78, 5) is 9.08. The molecule has 0 fully saturated rings. The molecule has 0 radical (unpaired) electrons. The summed E-state index contributed by atoms with van der Waals surface area (Å²) in [5, 5.41) is 5.36. The molecule has 0 spiro atoms. The predicted molar refractivity (Wildman–Crippen MR) is 104 cm³/mol. The van der Waals surface area contributed by atoms with Gasteiger partial charge in [0, 0.05) is 16.6 Å².